The summed E-state index contributed by atoms with van der Waals surface area (Å²) in [5.74, 6) is 0.0725. The Morgan fingerprint density at radius 3 is 2.63 bits per heavy atom. The molecule has 0 spiro atoms. The maximum absolute atomic E-state index is 11.5. The number of thiazole rings is 1. The number of carbonyl (C=O) groups is 1. The van der Waals surface area contributed by atoms with E-state index in [-0.39, 0.29) is 18.3 Å². The van der Waals surface area contributed by atoms with Gasteiger partial charge in [0.25, 0.3) is 5.69 Å². The monoisotopic (exact) mass is 384 g/mol. The minimum absolute atomic E-state index is 0.0252. The van der Waals surface area contributed by atoms with Crippen LogP contribution < -0.4 is 4.74 Å². The standard InChI is InChI=1S/C19H16N2O5S/c1-12-16(21(23)24)4-3-5-17(12)26-10-15-11-27-18(20-15)13-6-8-14(9-7-13)19(22)25-2/h3-9,11H,10H2,1-2H3. The van der Waals surface area contributed by atoms with Gasteiger partial charge in [-0.25, -0.2) is 9.78 Å². The molecule has 0 amide bonds. The molecular formula is C19H16N2O5S. The summed E-state index contributed by atoms with van der Waals surface area (Å²) < 4.78 is 10.4. The van der Waals surface area contributed by atoms with Crippen molar-refractivity contribution >= 4 is 23.0 Å². The zero-order valence-electron chi connectivity index (χ0n) is 14.7. The van der Waals surface area contributed by atoms with Crippen LogP contribution in [0.3, 0.4) is 0 Å². The SMILES string of the molecule is COC(=O)c1ccc(-c2nc(COc3cccc([N+](=O)[O-])c3C)cs2)cc1. The van der Waals surface area contributed by atoms with Crippen molar-refractivity contribution < 1.29 is 19.2 Å². The highest BCUT2D eigenvalue weighted by atomic mass is 32.1. The van der Waals surface area contributed by atoms with E-state index in [1.54, 1.807) is 43.3 Å². The number of hydrogen-bond acceptors (Lipinski definition) is 7. The fourth-order valence-corrected chi connectivity index (χ4v) is 3.29. The van der Waals surface area contributed by atoms with Gasteiger partial charge < -0.3 is 9.47 Å². The fourth-order valence-electron chi connectivity index (χ4n) is 2.48. The lowest BCUT2D eigenvalue weighted by Gasteiger charge is -2.07. The zero-order chi connectivity index (χ0) is 19.4. The molecule has 0 unspecified atom stereocenters. The van der Waals surface area contributed by atoms with Gasteiger partial charge in [-0.3, -0.25) is 10.1 Å². The number of nitro groups is 1. The molecular weight excluding hydrogens is 368 g/mol. The van der Waals surface area contributed by atoms with Crippen molar-refractivity contribution in [3.63, 3.8) is 0 Å². The van der Waals surface area contributed by atoms with E-state index >= 15 is 0 Å². The third-order valence-corrected chi connectivity index (χ3v) is 4.87. The number of ether oxygens (including phenoxy) is 2. The molecule has 138 valence electrons. The summed E-state index contributed by atoms with van der Waals surface area (Å²) in [6, 6.07) is 11.7. The molecule has 1 aromatic heterocycles. The third-order valence-electron chi connectivity index (χ3n) is 3.93. The summed E-state index contributed by atoms with van der Waals surface area (Å²) >= 11 is 1.45. The maximum atomic E-state index is 11.5. The predicted molar refractivity (Wildman–Crippen MR) is 101 cm³/mol. The first-order chi connectivity index (χ1) is 13.0. The Morgan fingerprint density at radius 2 is 1.96 bits per heavy atom. The number of rotatable bonds is 6. The second-order valence-electron chi connectivity index (χ2n) is 5.66. The molecule has 0 atom stereocenters. The number of aromatic nitrogens is 1. The van der Waals surface area contributed by atoms with Crippen LogP contribution >= 0.6 is 11.3 Å². The Kier molecular flexibility index (Phi) is 5.46. The van der Waals surface area contributed by atoms with E-state index in [4.69, 9.17) is 4.74 Å². The molecule has 1 heterocycles. The maximum Gasteiger partial charge on any atom is 0.337 e. The Balaban J connectivity index is 1.71. The number of nitrogens with zero attached hydrogens (tertiary/aromatic N) is 2. The van der Waals surface area contributed by atoms with E-state index in [9.17, 15) is 14.9 Å². The van der Waals surface area contributed by atoms with Gasteiger partial charge in [-0.15, -0.1) is 11.3 Å². The number of benzene rings is 2. The van der Waals surface area contributed by atoms with E-state index in [0.717, 1.165) is 16.3 Å². The Hall–Kier alpha value is -3.26. The van der Waals surface area contributed by atoms with Crippen LogP contribution in [0.4, 0.5) is 5.69 Å². The van der Waals surface area contributed by atoms with Gasteiger partial charge >= 0.3 is 5.97 Å². The van der Waals surface area contributed by atoms with Gasteiger partial charge in [-0.2, -0.15) is 0 Å². The molecule has 8 heteroatoms. The van der Waals surface area contributed by atoms with Gasteiger partial charge in [0.05, 0.1) is 28.9 Å². The largest absolute Gasteiger partial charge is 0.487 e. The highest BCUT2D eigenvalue weighted by Crippen LogP contribution is 2.29. The third kappa shape index (κ3) is 4.12. The topological polar surface area (TPSA) is 91.6 Å². The molecule has 0 aliphatic heterocycles. The first-order valence-corrected chi connectivity index (χ1v) is 8.87. The molecule has 0 aliphatic carbocycles. The van der Waals surface area contributed by atoms with Gasteiger partial charge in [-0.1, -0.05) is 18.2 Å². The lowest BCUT2D eigenvalue weighted by molar-refractivity contribution is -0.385. The summed E-state index contributed by atoms with van der Waals surface area (Å²) in [5, 5.41) is 13.7. The Labute approximate surface area is 159 Å². The highest BCUT2D eigenvalue weighted by Gasteiger charge is 2.15. The van der Waals surface area contributed by atoms with Crippen LogP contribution in [0.1, 0.15) is 21.6 Å². The molecule has 3 aromatic rings. The molecule has 0 N–H and O–H groups in total. The summed E-state index contributed by atoms with van der Waals surface area (Å²) in [5.41, 5.74) is 2.58. The molecule has 0 aliphatic rings. The van der Waals surface area contributed by atoms with Gasteiger partial charge in [-0.05, 0) is 25.1 Å². The number of carbonyl (C=O) groups excluding carboxylic acids is 1. The van der Waals surface area contributed by atoms with Crippen molar-refractivity contribution in [2.45, 2.75) is 13.5 Å². The van der Waals surface area contributed by atoms with Crippen LogP contribution in [-0.2, 0) is 11.3 Å². The average molecular weight is 384 g/mol. The van der Waals surface area contributed by atoms with Crippen LogP contribution in [0.25, 0.3) is 10.6 Å². The first kappa shape index (κ1) is 18.5. The van der Waals surface area contributed by atoms with E-state index in [2.05, 4.69) is 9.72 Å². The molecule has 0 radical (unpaired) electrons. The first-order valence-electron chi connectivity index (χ1n) is 7.99. The lowest BCUT2D eigenvalue weighted by Crippen LogP contribution is -2.00. The van der Waals surface area contributed by atoms with E-state index in [0.29, 0.717) is 16.9 Å². The summed E-state index contributed by atoms with van der Waals surface area (Å²) in [6.07, 6.45) is 0. The molecule has 2 aromatic carbocycles. The van der Waals surface area contributed by atoms with Crippen LogP contribution in [0.15, 0.2) is 47.8 Å². The highest BCUT2D eigenvalue weighted by molar-refractivity contribution is 7.13. The van der Waals surface area contributed by atoms with Gasteiger partial charge in [0.15, 0.2) is 0 Å². The summed E-state index contributed by atoms with van der Waals surface area (Å²) in [6.45, 7) is 1.86. The van der Waals surface area contributed by atoms with Crippen molar-refractivity contribution in [3.8, 4) is 16.3 Å². The number of nitro benzene ring substituents is 1. The molecule has 27 heavy (non-hydrogen) atoms. The average Bonchev–Trinajstić information content (AvgIpc) is 3.15. The fraction of sp³-hybridized carbons (Fsp3) is 0.158. The predicted octanol–water partition coefficient (Wildman–Crippen LogP) is 4.39. The second kappa shape index (κ2) is 7.96. The summed E-state index contributed by atoms with van der Waals surface area (Å²) in [7, 11) is 1.34. The van der Waals surface area contributed by atoms with Crippen molar-refractivity contribution in [3.05, 3.63) is 74.8 Å². The summed E-state index contributed by atoms with van der Waals surface area (Å²) in [4.78, 5) is 26.6. The van der Waals surface area contributed by atoms with Gasteiger partial charge in [0.2, 0.25) is 0 Å². The molecule has 0 saturated heterocycles. The van der Waals surface area contributed by atoms with Crippen LogP contribution in [0.5, 0.6) is 5.75 Å². The Morgan fingerprint density at radius 1 is 1.22 bits per heavy atom. The normalized spacial score (nSPS) is 10.4. The molecule has 7 nitrogen and oxygen atoms in total. The minimum atomic E-state index is -0.429. The van der Waals surface area contributed by atoms with Gasteiger partial charge in [0.1, 0.15) is 17.4 Å². The Bertz CT molecular complexity index is 982. The number of methoxy groups -OCH3 is 1. The van der Waals surface area contributed by atoms with Crippen LogP contribution in [0, 0.1) is 17.0 Å². The van der Waals surface area contributed by atoms with Crippen molar-refractivity contribution in [2.75, 3.05) is 7.11 Å². The van der Waals surface area contributed by atoms with E-state index < -0.39 is 4.92 Å². The minimum Gasteiger partial charge on any atom is -0.487 e. The lowest BCUT2D eigenvalue weighted by atomic mass is 10.1. The second-order valence-corrected chi connectivity index (χ2v) is 6.52. The number of esters is 1. The van der Waals surface area contributed by atoms with Gasteiger partial charge in [0, 0.05) is 17.0 Å². The van der Waals surface area contributed by atoms with E-state index in [1.807, 2.05) is 5.38 Å². The quantitative estimate of drug-likeness (QED) is 0.355. The van der Waals surface area contributed by atoms with Crippen molar-refractivity contribution in [2.24, 2.45) is 0 Å². The number of hydrogen-bond donors (Lipinski definition) is 0. The van der Waals surface area contributed by atoms with Crippen LogP contribution in [-0.4, -0.2) is 23.0 Å². The van der Waals surface area contributed by atoms with Crippen LogP contribution in [0.2, 0.25) is 0 Å². The van der Waals surface area contributed by atoms with Crippen molar-refractivity contribution in [1.29, 1.82) is 0 Å². The zero-order valence-corrected chi connectivity index (χ0v) is 15.5. The molecule has 0 bridgehead atoms. The molecule has 0 saturated carbocycles. The molecule has 3 rings (SSSR count). The smallest absolute Gasteiger partial charge is 0.337 e. The molecule has 0 fully saturated rings. The van der Waals surface area contributed by atoms with E-state index in [1.165, 1.54) is 24.5 Å². The van der Waals surface area contributed by atoms with Crippen molar-refractivity contribution in [1.82, 2.24) is 4.98 Å².